The summed E-state index contributed by atoms with van der Waals surface area (Å²) in [5.41, 5.74) is 16.8. The van der Waals surface area contributed by atoms with Gasteiger partial charge >= 0.3 is 0 Å². The van der Waals surface area contributed by atoms with Crippen molar-refractivity contribution in [2.45, 2.75) is 13.8 Å². The number of aromatic nitrogens is 3. The second kappa shape index (κ2) is 28.7. The Labute approximate surface area is 579 Å². The molecule has 0 bridgehead atoms. The molecule has 0 saturated heterocycles. The fourth-order valence-corrected chi connectivity index (χ4v) is 12.2. The lowest BCUT2D eigenvalue weighted by Gasteiger charge is -2.15. The van der Waals surface area contributed by atoms with E-state index in [0.29, 0.717) is 68.5 Å². The lowest BCUT2D eigenvalue weighted by molar-refractivity contribution is 0.173. The van der Waals surface area contributed by atoms with E-state index in [9.17, 15) is 15.3 Å². The molecule has 0 atom stereocenters. The number of benzene rings is 9. The molecule has 0 saturated carbocycles. The standard InChI is InChI=1S/C27H25NO5.C27H25NO4.C26H16BrNO6/c1-16-5-8-20(26(11-16)32-3)23-12-17(22-14-18(29)6-10-25(22)30)13-24(28-23)21-9-7-19(31-2)15-27(21)33-4;1-17-5-11-22(26(13-17)31-3)24-14-19(18-6-8-20(29)9-7-18)15-25(28-24)23-12-10-21(30-2)16-27(23)32-4;27-18-10-26-25(33-13-34-26)9-17(18)16-5-19(14-1-3-21-23(7-14)31-11-29-21)28-20(6-16)15-2-4-22-24(8-15)32-12-30-22/h5-15,29-30H,1-4H3;5-16,29H,1-4H3;1-10H,11-13H2. The van der Waals surface area contributed by atoms with Gasteiger partial charge in [0.05, 0.1) is 76.8 Å². The van der Waals surface area contributed by atoms with Crippen molar-refractivity contribution in [3.05, 3.63) is 216 Å². The van der Waals surface area contributed by atoms with Gasteiger partial charge in [-0.1, -0.05) is 40.2 Å². The van der Waals surface area contributed by atoms with Gasteiger partial charge in [0.15, 0.2) is 34.5 Å². The van der Waals surface area contributed by atoms with Crippen molar-refractivity contribution >= 4 is 15.9 Å². The molecule has 99 heavy (non-hydrogen) atoms. The first-order chi connectivity index (χ1) is 48.2. The highest BCUT2D eigenvalue weighted by Crippen LogP contribution is 2.47. The van der Waals surface area contributed by atoms with Gasteiger partial charge in [0.25, 0.3) is 0 Å². The number of pyridine rings is 3. The van der Waals surface area contributed by atoms with Gasteiger partial charge in [0.1, 0.15) is 51.7 Å². The molecular weight excluding hydrogens is 1320 g/mol. The van der Waals surface area contributed by atoms with E-state index in [1.54, 1.807) is 60.9 Å². The first-order valence-corrected chi connectivity index (χ1v) is 32.0. The third kappa shape index (κ3) is 14.1. The number of ether oxygens (including phenoxy) is 12. The second-order valence-electron chi connectivity index (χ2n) is 23.0. The van der Waals surface area contributed by atoms with Crippen LogP contribution in [-0.2, 0) is 0 Å². The zero-order valence-corrected chi connectivity index (χ0v) is 56.7. The van der Waals surface area contributed by atoms with Crippen LogP contribution in [-0.4, -0.2) is 93.3 Å². The Morgan fingerprint density at radius 1 is 0.293 bits per heavy atom. The normalized spacial score (nSPS) is 12.0. The van der Waals surface area contributed by atoms with Gasteiger partial charge in [-0.3, -0.25) is 0 Å². The summed E-state index contributed by atoms with van der Waals surface area (Å²) >= 11 is 3.70. The van der Waals surface area contributed by atoms with Crippen molar-refractivity contribution in [1.82, 2.24) is 15.0 Å². The molecule has 12 aromatic rings. The summed E-state index contributed by atoms with van der Waals surface area (Å²) in [6.45, 7) is 4.68. The molecule has 6 heterocycles. The Hall–Kier alpha value is -12.1. The highest BCUT2D eigenvalue weighted by atomic mass is 79.9. The molecule has 19 heteroatoms. The molecule has 3 aliphatic rings. The number of fused-ring (bicyclic) bond motifs is 3. The van der Waals surface area contributed by atoms with E-state index in [-0.39, 0.29) is 37.6 Å². The molecule has 9 aromatic carbocycles. The minimum absolute atomic E-state index is 0.0495. The summed E-state index contributed by atoms with van der Waals surface area (Å²) in [5.74, 6) is 8.72. The van der Waals surface area contributed by atoms with Gasteiger partial charge in [-0.25, -0.2) is 15.0 Å². The summed E-state index contributed by atoms with van der Waals surface area (Å²) in [6.07, 6.45) is 0. The number of nitrogens with zero attached hydrogens (tertiary/aromatic N) is 3. The number of rotatable bonds is 15. The van der Waals surface area contributed by atoms with E-state index in [1.807, 2.05) is 166 Å². The molecule has 498 valence electrons. The third-order valence-electron chi connectivity index (χ3n) is 16.7. The maximum Gasteiger partial charge on any atom is 0.231 e. The van der Waals surface area contributed by atoms with Crippen LogP contribution in [0.5, 0.6) is 86.2 Å². The van der Waals surface area contributed by atoms with Crippen molar-refractivity contribution in [3.8, 4) is 187 Å². The topological polar surface area (TPSA) is 210 Å². The predicted molar refractivity (Wildman–Crippen MR) is 381 cm³/mol. The number of methoxy groups -OCH3 is 6. The van der Waals surface area contributed by atoms with Crippen molar-refractivity contribution in [2.24, 2.45) is 0 Å². The maximum atomic E-state index is 10.5. The molecule has 3 aromatic heterocycles. The van der Waals surface area contributed by atoms with E-state index in [2.05, 4.69) is 28.1 Å². The molecule has 15 rings (SSSR count). The van der Waals surface area contributed by atoms with Crippen LogP contribution >= 0.6 is 15.9 Å². The van der Waals surface area contributed by atoms with Crippen LogP contribution in [0.4, 0.5) is 0 Å². The summed E-state index contributed by atoms with van der Waals surface area (Å²) in [7, 11) is 9.73. The van der Waals surface area contributed by atoms with E-state index in [0.717, 1.165) is 117 Å². The van der Waals surface area contributed by atoms with Crippen LogP contribution in [0.2, 0.25) is 0 Å². The molecule has 0 radical (unpaired) electrons. The Morgan fingerprint density at radius 3 is 1.13 bits per heavy atom. The van der Waals surface area contributed by atoms with Crippen molar-refractivity contribution in [1.29, 1.82) is 0 Å². The zero-order chi connectivity index (χ0) is 68.8. The number of hydrogen-bond acceptors (Lipinski definition) is 18. The SMILES string of the molecule is Brc1cc2c(cc1-c1cc(-c3ccc4c(c3)OCO4)nc(-c3ccc4c(c3)OCO4)c1)OCO2.COc1ccc(-c2cc(-c3cc(O)ccc3O)cc(-c3ccc(C)cc3OC)n2)c(OC)c1.COc1ccc(-c2cc(-c3ccc(O)cc3)cc(-c3ccc(C)cc3OC)n2)c(OC)c1. The Kier molecular flexibility index (Phi) is 19.0. The number of aromatic hydroxyl groups is 3. The molecular formula is C80H66BrN3O15. The van der Waals surface area contributed by atoms with Gasteiger partial charge in [-0.15, -0.1) is 0 Å². The largest absolute Gasteiger partial charge is 0.508 e. The summed E-state index contributed by atoms with van der Waals surface area (Å²) in [6, 6.07) is 62.1. The number of halogens is 1. The highest BCUT2D eigenvalue weighted by Gasteiger charge is 2.24. The van der Waals surface area contributed by atoms with Crippen LogP contribution in [0.25, 0.3) is 101 Å². The Morgan fingerprint density at radius 2 is 0.667 bits per heavy atom. The number of hydrogen-bond donors (Lipinski definition) is 3. The molecule has 0 spiro atoms. The van der Waals surface area contributed by atoms with Gasteiger partial charge in [0, 0.05) is 55.5 Å². The van der Waals surface area contributed by atoms with E-state index >= 15 is 0 Å². The average Bonchev–Trinajstić information content (AvgIpc) is 1.49. The summed E-state index contributed by atoms with van der Waals surface area (Å²) in [4.78, 5) is 14.9. The van der Waals surface area contributed by atoms with Crippen LogP contribution < -0.4 is 56.8 Å². The first kappa shape index (κ1) is 65.6. The first-order valence-electron chi connectivity index (χ1n) is 31.2. The lowest BCUT2D eigenvalue weighted by Crippen LogP contribution is -1.96. The average molecular weight is 1390 g/mol. The maximum absolute atomic E-state index is 10.5. The minimum atomic E-state index is 0.0495. The van der Waals surface area contributed by atoms with Gasteiger partial charge < -0.3 is 72.2 Å². The van der Waals surface area contributed by atoms with Crippen LogP contribution in [0.3, 0.4) is 0 Å². The molecule has 0 unspecified atom stereocenters. The van der Waals surface area contributed by atoms with Gasteiger partial charge in [-0.2, -0.15) is 0 Å². The van der Waals surface area contributed by atoms with Crippen LogP contribution in [0.15, 0.2) is 205 Å². The fraction of sp³-hybridized carbons (Fsp3) is 0.138. The smallest absolute Gasteiger partial charge is 0.231 e. The second-order valence-corrected chi connectivity index (χ2v) is 23.8. The molecule has 0 amide bonds. The lowest BCUT2D eigenvalue weighted by atomic mass is 9.98. The minimum Gasteiger partial charge on any atom is -0.508 e. The predicted octanol–water partition coefficient (Wildman–Crippen LogP) is 18.0. The van der Waals surface area contributed by atoms with E-state index < -0.39 is 0 Å². The molecule has 18 nitrogen and oxygen atoms in total. The molecule has 3 N–H and O–H groups in total. The number of phenolic OH excluding ortho intramolecular Hbond substituents is 3. The Balaban J connectivity index is 0.000000133. The van der Waals surface area contributed by atoms with Crippen LogP contribution in [0.1, 0.15) is 11.1 Å². The number of aryl methyl sites for hydroxylation is 2. The molecule has 0 aliphatic carbocycles. The van der Waals surface area contributed by atoms with Crippen molar-refractivity contribution in [2.75, 3.05) is 63.0 Å². The van der Waals surface area contributed by atoms with E-state index in [4.69, 9.17) is 71.8 Å². The van der Waals surface area contributed by atoms with Crippen molar-refractivity contribution < 1.29 is 72.2 Å². The molecule has 3 aliphatic heterocycles. The van der Waals surface area contributed by atoms with Gasteiger partial charge in [-0.05, 0) is 217 Å². The summed E-state index contributed by atoms with van der Waals surface area (Å²) in [5, 5.41) is 30.3. The number of phenols is 3. The fourth-order valence-electron chi connectivity index (χ4n) is 11.6. The van der Waals surface area contributed by atoms with Gasteiger partial charge in [0.2, 0.25) is 20.4 Å². The highest BCUT2D eigenvalue weighted by molar-refractivity contribution is 9.10. The molecule has 0 fully saturated rings. The third-order valence-corrected chi connectivity index (χ3v) is 17.4. The van der Waals surface area contributed by atoms with Crippen LogP contribution in [0, 0.1) is 13.8 Å². The quantitative estimate of drug-likeness (QED) is 0.0815. The monoisotopic (exact) mass is 1390 g/mol. The Bertz CT molecular complexity index is 4950. The summed E-state index contributed by atoms with van der Waals surface area (Å²) < 4.78 is 67.4. The van der Waals surface area contributed by atoms with Crippen molar-refractivity contribution in [3.63, 3.8) is 0 Å². The van der Waals surface area contributed by atoms with E-state index in [1.165, 1.54) is 18.2 Å². The zero-order valence-electron chi connectivity index (χ0n) is 55.1.